The van der Waals surface area contributed by atoms with E-state index in [1.54, 1.807) is 24.3 Å². The first kappa shape index (κ1) is 27.0. The summed E-state index contributed by atoms with van der Waals surface area (Å²) >= 11 is 6.22. The lowest BCUT2D eigenvalue weighted by molar-refractivity contribution is 0.00578. The molecule has 0 aromatic heterocycles. The normalized spacial score (nSPS) is 17.3. The second-order valence-electron chi connectivity index (χ2n) is 10.8. The van der Waals surface area contributed by atoms with E-state index in [9.17, 15) is 10.1 Å². The van der Waals surface area contributed by atoms with Crippen molar-refractivity contribution in [3.8, 4) is 17.2 Å². The number of ether oxygens (including phenoxy) is 1. The summed E-state index contributed by atoms with van der Waals surface area (Å²) in [5.41, 5.74) is 5.19. The van der Waals surface area contributed by atoms with Gasteiger partial charge in [-0.3, -0.25) is 0 Å². The molecule has 1 aliphatic heterocycles. The van der Waals surface area contributed by atoms with Crippen LogP contribution in [0.25, 0.3) is 17.2 Å². The number of fused-ring (bicyclic) bond motifs is 3. The molecule has 1 amide bonds. The van der Waals surface area contributed by atoms with Crippen LogP contribution in [0.15, 0.2) is 72.2 Å². The Kier molecular flexibility index (Phi) is 7.30. The van der Waals surface area contributed by atoms with Crippen molar-refractivity contribution in [2.75, 3.05) is 13.2 Å². The van der Waals surface area contributed by atoms with Gasteiger partial charge in [-0.15, -0.1) is 0 Å². The average Bonchev–Trinajstić information content (AvgIpc) is 3.34. The van der Waals surface area contributed by atoms with Crippen LogP contribution in [-0.2, 0) is 14.0 Å². The summed E-state index contributed by atoms with van der Waals surface area (Å²) in [6.45, 7) is 8.16. The molecule has 39 heavy (non-hydrogen) atoms. The number of rotatable bonds is 6. The van der Waals surface area contributed by atoms with Crippen molar-refractivity contribution >= 4 is 30.9 Å². The molecular formula is C31H30BClN2O4. The molecule has 0 saturated carbocycles. The molecule has 2 aliphatic rings. The highest BCUT2D eigenvalue weighted by Crippen LogP contribution is 2.44. The smallest absolute Gasteiger partial charge is 0.449 e. The number of carbonyl (C=O) groups is 1. The monoisotopic (exact) mass is 540 g/mol. The van der Waals surface area contributed by atoms with Crippen molar-refractivity contribution in [1.82, 2.24) is 5.32 Å². The summed E-state index contributed by atoms with van der Waals surface area (Å²) in [6.07, 6.45) is 1.24. The van der Waals surface area contributed by atoms with Gasteiger partial charge >= 0.3 is 13.2 Å². The van der Waals surface area contributed by atoms with Gasteiger partial charge in [0.1, 0.15) is 6.61 Å². The summed E-state index contributed by atoms with van der Waals surface area (Å²) in [4.78, 5) is 12.9. The molecule has 0 unspecified atom stereocenters. The van der Waals surface area contributed by atoms with Crippen molar-refractivity contribution in [3.05, 3.63) is 99.5 Å². The summed E-state index contributed by atoms with van der Waals surface area (Å²) in [7, 11) is -0.727. The molecule has 3 aromatic carbocycles. The fraction of sp³-hybridized carbons (Fsp3) is 0.290. The number of hydrogen-bond acceptors (Lipinski definition) is 5. The van der Waals surface area contributed by atoms with Gasteiger partial charge in [0.25, 0.3) is 0 Å². The highest BCUT2D eigenvalue weighted by Gasteiger charge is 2.52. The molecule has 8 heteroatoms. The molecule has 0 bridgehead atoms. The van der Waals surface area contributed by atoms with Crippen LogP contribution in [-0.4, -0.2) is 37.6 Å². The Morgan fingerprint density at radius 1 is 1.03 bits per heavy atom. The summed E-state index contributed by atoms with van der Waals surface area (Å²) in [6, 6.07) is 23.6. The fourth-order valence-corrected chi connectivity index (χ4v) is 5.16. The largest absolute Gasteiger partial charge is 0.492 e. The van der Waals surface area contributed by atoms with E-state index in [2.05, 4.69) is 35.7 Å². The summed E-state index contributed by atoms with van der Waals surface area (Å²) in [5, 5.41) is 13.0. The second-order valence-corrected chi connectivity index (χ2v) is 11.3. The van der Waals surface area contributed by atoms with Gasteiger partial charge in [0.05, 0.1) is 22.8 Å². The zero-order chi connectivity index (χ0) is 27.8. The van der Waals surface area contributed by atoms with Gasteiger partial charge in [-0.1, -0.05) is 66.2 Å². The maximum absolute atomic E-state index is 12.9. The minimum Gasteiger partial charge on any atom is -0.449 e. The minimum atomic E-state index is -0.727. The van der Waals surface area contributed by atoms with Crippen LogP contribution in [0.3, 0.4) is 0 Å². The first-order chi connectivity index (χ1) is 18.6. The first-order valence-electron chi connectivity index (χ1n) is 12.9. The Hall–Kier alpha value is -3.57. The van der Waals surface area contributed by atoms with Gasteiger partial charge in [0.15, 0.2) is 0 Å². The third-order valence-corrected chi connectivity index (χ3v) is 8.05. The number of alkyl carbamates (subject to hydrolysis) is 1. The van der Waals surface area contributed by atoms with E-state index < -0.39 is 24.4 Å². The highest BCUT2D eigenvalue weighted by atomic mass is 35.5. The number of halogens is 1. The molecule has 1 saturated heterocycles. The Bertz CT molecular complexity index is 1430. The molecule has 1 heterocycles. The number of nitrogens with zero attached hydrogens (tertiary/aromatic N) is 1. The van der Waals surface area contributed by atoms with Crippen LogP contribution in [0, 0.1) is 11.3 Å². The van der Waals surface area contributed by atoms with Crippen molar-refractivity contribution in [1.29, 1.82) is 5.26 Å². The standard InChI is InChI=1S/C31H30BClN2O4/c1-30(2)31(3,4)39-32(38-30)22(15-21-16-23(33)14-13-20(21)17-34)18-35-29(36)37-19-28-26-11-7-5-9-24(26)25-10-6-8-12-27(25)28/h5-16,28H,18-19H2,1-4H3,(H,35,36). The Morgan fingerprint density at radius 2 is 1.62 bits per heavy atom. The van der Waals surface area contributed by atoms with Crippen LogP contribution in [0.1, 0.15) is 55.9 Å². The molecule has 3 aromatic rings. The molecule has 1 aliphatic carbocycles. The Balaban J connectivity index is 1.33. The fourth-order valence-electron chi connectivity index (χ4n) is 4.98. The van der Waals surface area contributed by atoms with Crippen LogP contribution < -0.4 is 5.32 Å². The number of hydrogen-bond donors (Lipinski definition) is 1. The average molecular weight is 541 g/mol. The molecule has 0 radical (unpaired) electrons. The zero-order valence-electron chi connectivity index (χ0n) is 22.5. The van der Waals surface area contributed by atoms with Gasteiger partial charge in [0.2, 0.25) is 0 Å². The molecular weight excluding hydrogens is 511 g/mol. The van der Waals surface area contributed by atoms with Gasteiger partial charge in [0, 0.05) is 17.5 Å². The Morgan fingerprint density at radius 3 is 2.21 bits per heavy atom. The number of benzene rings is 3. The van der Waals surface area contributed by atoms with Gasteiger partial charge in [-0.05, 0) is 79.2 Å². The van der Waals surface area contributed by atoms with E-state index in [1.807, 2.05) is 52.0 Å². The Labute approximate surface area is 234 Å². The van der Waals surface area contributed by atoms with E-state index in [0.717, 1.165) is 11.1 Å². The quantitative estimate of drug-likeness (QED) is 0.349. The summed E-state index contributed by atoms with van der Waals surface area (Å²) in [5.74, 6) is -0.0362. The molecule has 0 atom stereocenters. The van der Waals surface area contributed by atoms with Crippen molar-refractivity contribution in [2.24, 2.45) is 0 Å². The van der Waals surface area contributed by atoms with E-state index >= 15 is 0 Å². The van der Waals surface area contributed by atoms with E-state index in [4.69, 9.17) is 25.6 Å². The number of carbonyl (C=O) groups excluding carboxylic acids is 1. The predicted molar refractivity (Wildman–Crippen MR) is 153 cm³/mol. The number of nitrogens with one attached hydrogen (secondary N) is 1. The van der Waals surface area contributed by atoms with Crippen LogP contribution in [0.2, 0.25) is 5.02 Å². The van der Waals surface area contributed by atoms with Crippen LogP contribution in [0.5, 0.6) is 0 Å². The molecule has 6 nitrogen and oxygen atoms in total. The van der Waals surface area contributed by atoms with Crippen molar-refractivity contribution in [2.45, 2.75) is 44.8 Å². The van der Waals surface area contributed by atoms with E-state index in [1.165, 1.54) is 11.1 Å². The van der Waals surface area contributed by atoms with Crippen molar-refractivity contribution < 1.29 is 18.8 Å². The summed E-state index contributed by atoms with van der Waals surface area (Å²) < 4.78 is 18.2. The maximum atomic E-state index is 12.9. The third kappa shape index (κ3) is 5.33. The van der Waals surface area contributed by atoms with Gasteiger partial charge in [-0.25, -0.2) is 4.79 Å². The van der Waals surface area contributed by atoms with E-state index in [0.29, 0.717) is 21.6 Å². The molecule has 198 valence electrons. The lowest BCUT2D eigenvalue weighted by Gasteiger charge is -2.32. The molecule has 5 rings (SSSR count). The SMILES string of the molecule is CC1(C)OB(C(=Cc2cc(Cl)ccc2C#N)CNC(=O)OCC2c3ccccc3-c3ccccc32)OC1(C)C. The number of nitriles is 1. The molecule has 1 N–H and O–H groups in total. The van der Waals surface area contributed by atoms with E-state index in [-0.39, 0.29) is 19.1 Å². The first-order valence-corrected chi connectivity index (χ1v) is 13.3. The van der Waals surface area contributed by atoms with Gasteiger partial charge < -0.3 is 19.4 Å². The lowest BCUT2D eigenvalue weighted by Crippen LogP contribution is -2.41. The van der Waals surface area contributed by atoms with Gasteiger partial charge in [-0.2, -0.15) is 5.26 Å². The lowest BCUT2D eigenvalue weighted by atomic mass is 9.76. The second kappa shape index (κ2) is 10.5. The molecule has 0 spiro atoms. The maximum Gasteiger partial charge on any atom is 0.492 e. The van der Waals surface area contributed by atoms with Crippen molar-refractivity contribution in [3.63, 3.8) is 0 Å². The number of amides is 1. The predicted octanol–water partition coefficient (Wildman–Crippen LogP) is 6.77. The molecule has 1 fully saturated rings. The van der Waals surface area contributed by atoms with Crippen LogP contribution >= 0.6 is 11.6 Å². The van der Waals surface area contributed by atoms with Crippen LogP contribution in [0.4, 0.5) is 4.79 Å². The third-order valence-electron chi connectivity index (χ3n) is 7.81. The zero-order valence-corrected chi connectivity index (χ0v) is 23.2. The topological polar surface area (TPSA) is 80.6 Å². The highest BCUT2D eigenvalue weighted by molar-refractivity contribution is 6.56. The minimum absolute atomic E-state index is 0.0362.